The summed E-state index contributed by atoms with van der Waals surface area (Å²) in [6.45, 7) is 7.98. The SMILES string of the molecule is CC1(N2CCCNC(C3CCCCC3)C2)CCOC1. The van der Waals surface area contributed by atoms with Crippen molar-refractivity contribution < 1.29 is 4.74 Å². The fourth-order valence-electron chi connectivity index (χ4n) is 4.20. The second-order valence-corrected chi connectivity index (χ2v) is 7.06. The van der Waals surface area contributed by atoms with E-state index in [9.17, 15) is 0 Å². The van der Waals surface area contributed by atoms with Gasteiger partial charge in [-0.15, -0.1) is 0 Å². The van der Waals surface area contributed by atoms with Crippen LogP contribution in [-0.2, 0) is 4.74 Å². The van der Waals surface area contributed by atoms with Crippen LogP contribution in [0.3, 0.4) is 0 Å². The predicted molar refractivity (Wildman–Crippen MR) is 78.4 cm³/mol. The summed E-state index contributed by atoms with van der Waals surface area (Å²) in [7, 11) is 0. The van der Waals surface area contributed by atoms with Gasteiger partial charge in [-0.3, -0.25) is 4.90 Å². The highest BCUT2D eigenvalue weighted by molar-refractivity contribution is 4.94. The van der Waals surface area contributed by atoms with Crippen LogP contribution in [-0.4, -0.2) is 49.3 Å². The van der Waals surface area contributed by atoms with E-state index in [2.05, 4.69) is 17.1 Å². The molecule has 2 heterocycles. The van der Waals surface area contributed by atoms with Crippen LogP contribution >= 0.6 is 0 Å². The summed E-state index contributed by atoms with van der Waals surface area (Å²) in [4.78, 5) is 2.74. The summed E-state index contributed by atoms with van der Waals surface area (Å²) in [5.74, 6) is 0.917. The van der Waals surface area contributed by atoms with Crippen LogP contribution < -0.4 is 5.32 Å². The first-order chi connectivity index (χ1) is 9.28. The van der Waals surface area contributed by atoms with Gasteiger partial charge in [-0.1, -0.05) is 19.3 Å². The fraction of sp³-hybridized carbons (Fsp3) is 1.00. The van der Waals surface area contributed by atoms with Crippen LogP contribution in [0.15, 0.2) is 0 Å². The molecule has 3 heteroatoms. The molecule has 0 aromatic rings. The fourth-order valence-corrected chi connectivity index (χ4v) is 4.20. The summed E-state index contributed by atoms with van der Waals surface area (Å²) < 4.78 is 5.67. The topological polar surface area (TPSA) is 24.5 Å². The van der Waals surface area contributed by atoms with Gasteiger partial charge in [-0.2, -0.15) is 0 Å². The molecule has 0 aromatic heterocycles. The first-order valence-corrected chi connectivity index (χ1v) is 8.34. The number of hydrogen-bond acceptors (Lipinski definition) is 3. The second kappa shape index (κ2) is 6.11. The molecule has 0 bridgehead atoms. The monoisotopic (exact) mass is 266 g/mol. The number of nitrogens with one attached hydrogen (secondary N) is 1. The van der Waals surface area contributed by atoms with Crippen LogP contribution in [0.1, 0.15) is 51.9 Å². The molecule has 0 amide bonds. The van der Waals surface area contributed by atoms with Crippen molar-refractivity contribution in [2.45, 2.75) is 63.5 Å². The Morgan fingerprint density at radius 3 is 2.74 bits per heavy atom. The van der Waals surface area contributed by atoms with E-state index >= 15 is 0 Å². The van der Waals surface area contributed by atoms with E-state index < -0.39 is 0 Å². The lowest BCUT2D eigenvalue weighted by molar-refractivity contribution is 0.0693. The molecule has 3 aliphatic rings. The van der Waals surface area contributed by atoms with Gasteiger partial charge in [0.1, 0.15) is 0 Å². The van der Waals surface area contributed by atoms with Gasteiger partial charge in [0.2, 0.25) is 0 Å². The van der Waals surface area contributed by atoms with Crippen LogP contribution in [0.25, 0.3) is 0 Å². The van der Waals surface area contributed by atoms with E-state index in [4.69, 9.17) is 4.74 Å². The molecule has 3 fully saturated rings. The van der Waals surface area contributed by atoms with E-state index in [-0.39, 0.29) is 0 Å². The number of ether oxygens (including phenoxy) is 1. The standard InChI is InChI=1S/C16H30N2O/c1-16(8-11-19-13-16)18-10-5-9-17-15(12-18)14-6-3-2-4-7-14/h14-15,17H,2-13H2,1H3. The van der Waals surface area contributed by atoms with E-state index in [1.54, 1.807) is 0 Å². The third kappa shape index (κ3) is 3.14. The lowest BCUT2D eigenvalue weighted by Crippen LogP contribution is -2.52. The normalized spacial score (nSPS) is 39.3. The van der Waals surface area contributed by atoms with Gasteiger partial charge in [-0.25, -0.2) is 0 Å². The Morgan fingerprint density at radius 1 is 1.16 bits per heavy atom. The molecule has 1 aliphatic carbocycles. The Kier molecular flexibility index (Phi) is 4.45. The molecule has 3 nitrogen and oxygen atoms in total. The highest BCUT2D eigenvalue weighted by Crippen LogP contribution is 2.31. The molecule has 2 unspecified atom stereocenters. The van der Waals surface area contributed by atoms with Gasteiger partial charge in [-0.05, 0) is 45.1 Å². The van der Waals surface area contributed by atoms with Crippen molar-refractivity contribution in [2.24, 2.45) is 5.92 Å². The maximum atomic E-state index is 5.67. The smallest absolute Gasteiger partial charge is 0.0648 e. The number of nitrogens with zero attached hydrogens (tertiary/aromatic N) is 1. The van der Waals surface area contributed by atoms with Crippen LogP contribution in [0.5, 0.6) is 0 Å². The van der Waals surface area contributed by atoms with Crippen molar-refractivity contribution in [1.29, 1.82) is 0 Å². The van der Waals surface area contributed by atoms with E-state index in [0.29, 0.717) is 5.54 Å². The highest BCUT2D eigenvalue weighted by Gasteiger charge is 2.38. The molecular formula is C16H30N2O. The summed E-state index contributed by atoms with van der Waals surface area (Å²) >= 11 is 0. The largest absolute Gasteiger partial charge is 0.379 e. The average molecular weight is 266 g/mol. The molecule has 1 N–H and O–H groups in total. The zero-order chi connectivity index (χ0) is 13.1. The van der Waals surface area contributed by atoms with Crippen LogP contribution in [0.2, 0.25) is 0 Å². The second-order valence-electron chi connectivity index (χ2n) is 7.06. The minimum absolute atomic E-state index is 0.305. The molecule has 0 spiro atoms. The molecule has 110 valence electrons. The van der Waals surface area contributed by atoms with Crippen LogP contribution in [0.4, 0.5) is 0 Å². The summed E-state index contributed by atoms with van der Waals surface area (Å²) in [6.07, 6.45) is 9.74. The van der Waals surface area contributed by atoms with Gasteiger partial charge in [0.15, 0.2) is 0 Å². The minimum atomic E-state index is 0.305. The molecule has 19 heavy (non-hydrogen) atoms. The first kappa shape index (κ1) is 13.8. The molecule has 2 aliphatic heterocycles. The molecule has 2 saturated heterocycles. The van der Waals surface area contributed by atoms with Gasteiger partial charge < -0.3 is 10.1 Å². The Balaban J connectivity index is 1.65. The van der Waals surface area contributed by atoms with Gasteiger partial charge >= 0.3 is 0 Å². The molecule has 0 aromatic carbocycles. The quantitative estimate of drug-likeness (QED) is 0.830. The van der Waals surface area contributed by atoms with Crippen molar-refractivity contribution >= 4 is 0 Å². The Labute approximate surface area is 118 Å². The Morgan fingerprint density at radius 2 is 2.00 bits per heavy atom. The summed E-state index contributed by atoms with van der Waals surface area (Å²) in [5.41, 5.74) is 0.305. The molecule has 1 saturated carbocycles. The molecule has 3 rings (SSSR count). The zero-order valence-electron chi connectivity index (χ0n) is 12.5. The minimum Gasteiger partial charge on any atom is -0.379 e. The van der Waals surface area contributed by atoms with Crippen molar-refractivity contribution in [3.8, 4) is 0 Å². The average Bonchev–Trinajstić information content (AvgIpc) is 2.75. The van der Waals surface area contributed by atoms with Crippen molar-refractivity contribution in [3.05, 3.63) is 0 Å². The van der Waals surface area contributed by atoms with Crippen molar-refractivity contribution in [1.82, 2.24) is 10.2 Å². The molecule has 0 radical (unpaired) electrons. The van der Waals surface area contributed by atoms with Crippen molar-refractivity contribution in [2.75, 3.05) is 32.8 Å². The third-order valence-electron chi connectivity index (χ3n) is 5.61. The summed E-state index contributed by atoms with van der Waals surface area (Å²) in [5, 5.41) is 3.84. The Hall–Kier alpha value is -0.120. The van der Waals surface area contributed by atoms with Crippen LogP contribution in [0, 0.1) is 5.92 Å². The van der Waals surface area contributed by atoms with E-state index in [0.717, 1.165) is 25.2 Å². The molecule has 2 atom stereocenters. The third-order valence-corrected chi connectivity index (χ3v) is 5.61. The lowest BCUT2D eigenvalue weighted by Gasteiger charge is -2.40. The number of hydrogen-bond donors (Lipinski definition) is 1. The van der Waals surface area contributed by atoms with Gasteiger partial charge in [0.25, 0.3) is 0 Å². The number of rotatable bonds is 2. The maximum absolute atomic E-state index is 5.67. The van der Waals surface area contributed by atoms with E-state index in [1.807, 2.05) is 0 Å². The maximum Gasteiger partial charge on any atom is 0.0648 e. The first-order valence-electron chi connectivity index (χ1n) is 8.34. The van der Waals surface area contributed by atoms with Crippen molar-refractivity contribution in [3.63, 3.8) is 0 Å². The lowest BCUT2D eigenvalue weighted by atomic mass is 9.83. The highest BCUT2D eigenvalue weighted by atomic mass is 16.5. The Bertz CT molecular complexity index is 282. The molecular weight excluding hydrogens is 236 g/mol. The van der Waals surface area contributed by atoms with Gasteiger partial charge in [0, 0.05) is 31.3 Å². The predicted octanol–water partition coefficient (Wildman–Crippen LogP) is 2.41. The zero-order valence-corrected chi connectivity index (χ0v) is 12.5. The van der Waals surface area contributed by atoms with Gasteiger partial charge in [0.05, 0.1) is 6.61 Å². The summed E-state index contributed by atoms with van der Waals surface area (Å²) in [6, 6.07) is 0.722. The van der Waals surface area contributed by atoms with E-state index in [1.165, 1.54) is 64.6 Å².